The van der Waals surface area contributed by atoms with Crippen LogP contribution >= 0.6 is 0 Å². The molecule has 0 spiro atoms. The molecule has 7 heteroatoms. The van der Waals surface area contributed by atoms with Crippen molar-refractivity contribution in [3.8, 4) is 11.4 Å². The van der Waals surface area contributed by atoms with Crippen molar-refractivity contribution in [2.75, 3.05) is 12.0 Å². The Hall–Kier alpha value is -4.13. The summed E-state index contributed by atoms with van der Waals surface area (Å²) in [6.45, 7) is 8.10. The topological polar surface area (TPSA) is 80.6 Å². The zero-order chi connectivity index (χ0) is 25.3. The number of amides is 4. The van der Waals surface area contributed by atoms with Crippen LogP contribution < -0.4 is 15.0 Å². The minimum absolute atomic E-state index is 0.0921. The quantitative estimate of drug-likeness (QED) is 0.392. The van der Waals surface area contributed by atoms with E-state index in [0.29, 0.717) is 11.6 Å². The summed E-state index contributed by atoms with van der Waals surface area (Å²) in [5.41, 5.74) is 4.91. The predicted molar refractivity (Wildman–Crippen MR) is 136 cm³/mol. The number of nitrogens with one attached hydrogen (secondary N) is 1. The van der Waals surface area contributed by atoms with Gasteiger partial charge in [0.25, 0.3) is 11.8 Å². The molecule has 1 unspecified atom stereocenters. The Morgan fingerprint density at radius 2 is 1.60 bits per heavy atom. The Bertz CT molecular complexity index is 1320. The first-order valence-corrected chi connectivity index (χ1v) is 11.6. The van der Waals surface area contributed by atoms with E-state index < -0.39 is 17.8 Å². The average molecular weight is 472 g/mol. The van der Waals surface area contributed by atoms with Gasteiger partial charge >= 0.3 is 6.03 Å². The van der Waals surface area contributed by atoms with E-state index in [2.05, 4.69) is 19.2 Å². The molecule has 0 aliphatic carbocycles. The monoisotopic (exact) mass is 471 g/mol. The van der Waals surface area contributed by atoms with Gasteiger partial charge in [-0.2, -0.15) is 0 Å². The van der Waals surface area contributed by atoms with Crippen molar-refractivity contribution in [2.24, 2.45) is 0 Å². The molecule has 1 aliphatic rings. The molecule has 2 heterocycles. The summed E-state index contributed by atoms with van der Waals surface area (Å²) in [5.74, 6) is -0.232. The third-order valence-corrected chi connectivity index (χ3v) is 6.54. The lowest BCUT2D eigenvalue weighted by Crippen LogP contribution is -2.54. The van der Waals surface area contributed by atoms with Crippen molar-refractivity contribution in [1.82, 2.24) is 9.88 Å². The lowest BCUT2D eigenvalue weighted by molar-refractivity contribution is -0.122. The molecule has 1 fully saturated rings. The summed E-state index contributed by atoms with van der Waals surface area (Å²) in [6, 6.07) is 16.1. The van der Waals surface area contributed by atoms with Crippen LogP contribution in [-0.2, 0) is 9.59 Å². The Balaban J connectivity index is 1.69. The molecule has 180 valence electrons. The number of benzene rings is 2. The standard InChI is InChI=1S/C28H29N3O4/c1-6-17(2)20-7-9-23(10-8-20)31-27(33)25(26(32)29-28(31)34)16-21-15-18(3)30(19(21)4)22-11-13-24(35-5)14-12-22/h7-17H,6H2,1-5H3,(H,29,32,34). The van der Waals surface area contributed by atoms with Crippen molar-refractivity contribution < 1.29 is 19.1 Å². The number of imide groups is 2. The van der Waals surface area contributed by atoms with Gasteiger partial charge in [-0.15, -0.1) is 0 Å². The van der Waals surface area contributed by atoms with Crippen molar-refractivity contribution in [2.45, 2.75) is 40.0 Å². The maximum Gasteiger partial charge on any atom is 0.335 e. The second-order valence-corrected chi connectivity index (χ2v) is 8.72. The number of anilines is 1. The van der Waals surface area contributed by atoms with Crippen molar-refractivity contribution in [1.29, 1.82) is 0 Å². The minimum atomic E-state index is -0.753. The summed E-state index contributed by atoms with van der Waals surface area (Å²) in [6.07, 6.45) is 2.53. The van der Waals surface area contributed by atoms with E-state index in [1.54, 1.807) is 25.3 Å². The number of carbonyl (C=O) groups excluding carboxylic acids is 3. The molecule has 1 atom stereocenters. The first kappa shape index (κ1) is 24.0. The molecule has 0 radical (unpaired) electrons. The summed E-state index contributed by atoms with van der Waals surface area (Å²) >= 11 is 0. The molecule has 7 nitrogen and oxygen atoms in total. The highest BCUT2D eigenvalue weighted by molar-refractivity contribution is 6.39. The average Bonchev–Trinajstić information content (AvgIpc) is 3.14. The van der Waals surface area contributed by atoms with Gasteiger partial charge in [0.05, 0.1) is 12.8 Å². The Morgan fingerprint density at radius 1 is 0.971 bits per heavy atom. The van der Waals surface area contributed by atoms with Crippen LogP contribution in [0.2, 0.25) is 0 Å². The van der Waals surface area contributed by atoms with E-state index in [1.165, 1.54) is 0 Å². The van der Waals surface area contributed by atoms with E-state index in [0.717, 1.165) is 45.3 Å². The summed E-state index contributed by atoms with van der Waals surface area (Å²) in [4.78, 5) is 39.6. The van der Waals surface area contributed by atoms with Crippen molar-refractivity contribution in [3.05, 3.63) is 82.7 Å². The van der Waals surface area contributed by atoms with Gasteiger partial charge in [0, 0.05) is 17.1 Å². The first-order valence-electron chi connectivity index (χ1n) is 11.6. The molecule has 1 aromatic heterocycles. The van der Waals surface area contributed by atoms with Crippen LogP contribution in [0.3, 0.4) is 0 Å². The number of aryl methyl sites for hydroxylation is 1. The number of nitrogens with zero attached hydrogens (tertiary/aromatic N) is 2. The fraction of sp³-hybridized carbons (Fsp3) is 0.250. The van der Waals surface area contributed by atoms with E-state index in [9.17, 15) is 14.4 Å². The molecule has 0 bridgehead atoms. The van der Waals surface area contributed by atoms with Gasteiger partial charge in [0.15, 0.2) is 0 Å². The second kappa shape index (κ2) is 9.62. The van der Waals surface area contributed by atoms with Gasteiger partial charge in [-0.3, -0.25) is 14.9 Å². The summed E-state index contributed by atoms with van der Waals surface area (Å²) in [5, 5.41) is 2.30. The van der Waals surface area contributed by atoms with Gasteiger partial charge in [0.2, 0.25) is 0 Å². The van der Waals surface area contributed by atoms with Crippen LogP contribution in [0.1, 0.15) is 48.7 Å². The minimum Gasteiger partial charge on any atom is -0.497 e. The number of carbonyl (C=O) groups is 3. The van der Waals surface area contributed by atoms with Crippen LogP contribution in [0.25, 0.3) is 11.8 Å². The number of hydrogen-bond acceptors (Lipinski definition) is 4. The molecular weight excluding hydrogens is 442 g/mol. The molecule has 35 heavy (non-hydrogen) atoms. The fourth-order valence-corrected chi connectivity index (χ4v) is 4.30. The van der Waals surface area contributed by atoms with Gasteiger partial charge in [-0.1, -0.05) is 26.0 Å². The Kier molecular flexibility index (Phi) is 6.60. The van der Waals surface area contributed by atoms with E-state index in [1.807, 2.05) is 60.9 Å². The molecule has 3 aromatic rings. The van der Waals surface area contributed by atoms with Gasteiger partial charge in [0.1, 0.15) is 11.3 Å². The van der Waals surface area contributed by atoms with Crippen LogP contribution in [0.4, 0.5) is 10.5 Å². The number of urea groups is 1. The normalized spacial score (nSPS) is 16.0. The summed E-state index contributed by atoms with van der Waals surface area (Å²) < 4.78 is 7.28. The van der Waals surface area contributed by atoms with E-state index in [4.69, 9.17) is 4.74 Å². The third kappa shape index (κ3) is 4.49. The van der Waals surface area contributed by atoms with Gasteiger partial charge in [-0.05, 0) is 85.9 Å². The van der Waals surface area contributed by atoms with Crippen molar-refractivity contribution >= 4 is 29.6 Å². The van der Waals surface area contributed by atoms with Crippen LogP contribution in [0.15, 0.2) is 60.2 Å². The number of ether oxygens (including phenoxy) is 1. The van der Waals surface area contributed by atoms with Gasteiger partial charge < -0.3 is 9.30 Å². The first-order chi connectivity index (χ1) is 16.7. The Labute approximate surface area is 205 Å². The molecule has 0 saturated carbocycles. The number of barbiturate groups is 1. The number of aromatic nitrogens is 1. The Morgan fingerprint density at radius 3 is 2.20 bits per heavy atom. The predicted octanol–water partition coefficient (Wildman–Crippen LogP) is 5.28. The lowest BCUT2D eigenvalue weighted by atomic mass is 9.98. The highest BCUT2D eigenvalue weighted by atomic mass is 16.5. The maximum atomic E-state index is 13.3. The number of hydrogen-bond donors (Lipinski definition) is 1. The lowest BCUT2D eigenvalue weighted by Gasteiger charge is -2.26. The molecule has 1 N–H and O–H groups in total. The van der Waals surface area contributed by atoms with E-state index >= 15 is 0 Å². The van der Waals surface area contributed by atoms with Gasteiger partial charge in [-0.25, -0.2) is 9.69 Å². The smallest absolute Gasteiger partial charge is 0.335 e. The largest absolute Gasteiger partial charge is 0.497 e. The molecule has 1 aliphatic heterocycles. The molecule has 2 aromatic carbocycles. The highest BCUT2D eigenvalue weighted by Gasteiger charge is 2.37. The third-order valence-electron chi connectivity index (χ3n) is 6.54. The summed E-state index contributed by atoms with van der Waals surface area (Å²) in [7, 11) is 1.62. The maximum absolute atomic E-state index is 13.3. The van der Waals surface area contributed by atoms with Crippen LogP contribution in [0.5, 0.6) is 5.75 Å². The van der Waals surface area contributed by atoms with Crippen LogP contribution in [0, 0.1) is 13.8 Å². The van der Waals surface area contributed by atoms with E-state index in [-0.39, 0.29) is 5.57 Å². The number of methoxy groups -OCH3 is 1. The fourth-order valence-electron chi connectivity index (χ4n) is 4.30. The van der Waals surface area contributed by atoms with Crippen LogP contribution in [-0.4, -0.2) is 29.5 Å². The molecule has 1 saturated heterocycles. The SMILES string of the molecule is CCC(C)c1ccc(N2C(=O)NC(=O)C(=Cc3cc(C)n(-c4ccc(OC)cc4)c3C)C2=O)cc1. The zero-order valence-electron chi connectivity index (χ0n) is 20.6. The number of rotatable bonds is 6. The molecule has 4 amide bonds. The van der Waals surface area contributed by atoms with Crippen molar-refractivity contribution in [3.63, 3.8) is 0 Å². The molecular formula is C28H29N3O4. The molecule has 4 rings (SSSR count). The second-order valence-electron chi connectivity index (χ2n) is 8.72. The zero-order valence-corrected chi connectivity index (χ0v) is 20.6. The highest BCUT2D eigenvalue weighted by Crippen LogP contribution is 2.28.